The monoisotopic (exact) mass is 284 g/mol. The Hall–Kier alpha value is -0.830. The Bertz CT molecular complexity index is 560. The molecular weight excluding hydrogens is 275 g/mol. The average Bonchev–Trinajstić information content (AvgIpc) is 2.70. The van der Waals surface area contributed by atoms with Gasteiger partial charge in [0, 0.05) is 11.3 Å². The van der Waals surface area contributed by atoms with E-state index in [1.165, 1.54) is 11.3 Å². The van der Waals surface area contributed by atoms with Gasteiger partial charge in [-0.25, -0.2) is 0 Å². The van der Waals surface area contributed by atoms with Crippen molar-refractivity contribution in [3.05, 3.63) is 55.7 Å². The molecule has 0 saturated heterocycles. The minimum atomic E-state index is 0.112. The van der Waals surface area contributed by atoms with Crippen LogP contribution in [-0.2, 0) is 6.42 Å². The first-order chi connectivity index (χ1) is 8.06. The van der Waals surface area contributed by atoms with E-state index in [1.807, 2.05) is 25.1 Å². The van der Waals surface area contributed by atoms with Crippen LogP contribution in [0.5, 0.6) is 0 Å². The van der Waals surface area contributed by atoms with E-state index in [4.69, 9.17) is 23.2 Å². The topological polar surface area (TPSA) is 17.1 Å². The highest BCUT2D eigenvalue weighted by atomic mass is 35.5. The van der Waals surface area contributed by atoms with E-state index in [9.17, 15) is 4.79 Å². The molecule has 0 atom stereocenters. The largest absolute Gasteiger partial charge is 0.293 e. The summed E-state index contributed by atoms with van der Waals surface area (Å²) in [6.07, 6.45) is 0.358. The number of benzene rings is 1. The molecule has 88 valence electrons. The quantitative estimate of drug-likeness (QED) is 0.741. The molecule has 2 aromatic rings. The first kappa shape index (κ1) is 12.6. The third-order valence-electron chi connectivity index (χ3n) is 2.36. The molecule has 0 aliphatic rings. The van der Waals surface area contributed by atoms with Crippen molar-refractivity contribution < 1.29 is 4.79 Å². The van der Waals surface area contributed by atoms with Crippen molar-refractivity contribution in [1.82, 2.24) is 0 Å². The first-order valence-corrected chi connectivity index (χ1v) is 6.67. The first-order valence-electron chi connectivity index (χ1n) is 5.10. The Morgan fingerprint density at radius 1 is 1.18 bits per heavy atom. The summed E-state index contributed by atoms with van der Waals surface area (Å²) in [4.78, 5) is 13.9. The second-order valence-electron chi connectivity index (χ2n) is 3.76. The van der Waals surface area contributed by atoms with E-state index >= 15 is 0 Å². The summed E-state index contributed by atoms with van der Waals surface area (Å²) < 4.78 is 0. The lowest BCUT2D eigenvalue weighted by atomic mass is 10.1. The maximum atomic E-state index is 12.0. The van der Waals surface area contributed by atoms with Crippen LogP contribution in [0.15, 0.2) is 30.3 Å². The molecule has 0 radical (unpaired) electrons. The fourth-order valence-electron chi connectivity index (χ4n) is 1.51. The van der Waals surface area contributed by atoms with E-state index < -0.39 is 0 Å². The Kier molecular flexibility index (Phi) is 3.87. The highest BCUT2D eigenvalue weighted by Gasteiger charge is 2.10. The molecular formula is C13H10Cl2OS. The summed E-state index contributed by atoms with van der Waals surface area (Å²) in [5.74, 6) is 0.112. The van der Waals surface area contributed by atoms with Crippen LogP contribution in [0.4, 0.5) is 0 Å². The number of halogens is 2. The molecule has 1 nitrogen and oxygen atoms in total. The van der Waals surface area contributed by atoms with Crippen molar-refractivity contribution in [2.75, 3.05) is 0 Å². The average molecular weight is 285 g/mol. The van der Waals surface area contributed by atoms with Crippen molar-refractivity contribution in [3.63, 3.8) is 0 Å². The van der Waals surface area contributed by atoms with E-state index in [-0.39, 0.29) is 5.78 Å². The lowest BCUT2D eigenvalue weighted by Crippen LogP contribution is -2.00. The van der Waals surface area contributed by atoms with Gasteiger partial charge < -0.3 is 0 Å². The summed E-state index contributed by atoms with van der Waals surface area (Å²) in [6, 6.07) is 9.09. The molecule has 0 saturated carbocycles. The van der Waals surface area contributed by atoms with Gasteiger partial charge >= 0.3 is 0 Å². The summed E-state index contributed by atoms with van der Waals surface area (Å²) in [7, 11) is 0. The molecule has 0 bridgehead atoms. The van der Waals surface area contributed by atoms with Crippen LogP contribution in [-0.4, -0.2) is 5.78 Å². The lowest BCUT2D eigenvalue weighted by molar-refractivity contribution is 0.0997. The van der Waals surface area contributed by atoms with Crippen LogP contribution in [0, 0.1) is 6.92 Å². The van der Waals surface area contributed by atoms with E-state index in [1.54, 1.807) is 12.1 Å². The minimum Gasteiger partial charge on any atom is -0.293 e. The van der Waals surface area contributed by atoms with E-state index in [0.717, 1.165) is 15.3 Å². The van der Waals surface area contributed by atoms with Gasteiger partial charge in [0.1, 0.15) is 0 Å². The van der Waals surface area contributed by atoms with Crippen molar-refractivity contribution in [2.45, 2.75) is 13.3 Å². The van der Waals surface area contributed by atoms with E-state index in [0.29, 0.717) is 16.5 Å². The van der Waals surface area contributed by atoms with Crippen molar-refractivity contribution in [3.8, 4) is 0 Å². The summed E-state index contributed by atoms with van der Waals surface area (Å²) >= 11 is 13.2. The number of aryl methyl sites for hydroxylation is 1. The predicted octanol–water partition coefficient (Wildman–Crippen LogP) is 4.79. The Balaban J connectivity index is 2.15. The predicted molar refractivity (Wildman–Crippen MR) is 73.6 cm³/mol. The molecule has 0 aliphatic heterocycles. The van der Waals surface area contributed by atoms with Gasteiger partial charge in [0.25, 0.3) is 0 Å². The van der Waals surface area contributed by atoms with Crippen LogP contribution in [0.3, 0.4) is 0 Å². The summed E-state index contributed by atoms with van der Waals surface area (Å²) in [5, 5.41) is 0.995. The van der Waals surface area contributed by atoms with Crippen molar-refractivity contribution >= 4 is 40.3 Å². The SMILES string of the molecule is Cc1ccc(C(=O)Cc2ccc(Cl)c(Cl)c2)s1. The molecule has 2 rings (SSSR count). The number of hydrogen-bond donors (Lipinski definition) is 0. The van der Waals surface area contributed by atoms with Crippen molar-refractivity contribution in [1.29, 1.82) is 0 Å². The van der Waals surface area contributed by atoms with E-state index in [2.05, 4.69) is 0 Å². The molecule has 4 heteroatoms. The van der Waals surface area contributed by atoms with Gasteiger partial charge in [0.05, 0.1) is 14.9 Å². The van der Waals surface area contributed by atoms with Gasteiger partial charge in [-0.2, -0.15) is 0 Å². The fourth-order valence-corrected chi connectivity index (χ4v) is 2.63. The molecule has 0 aliphatic carbocycles. The standard InChI is InChI=1S/C13H10Cl2OS/c1-8-2-5-13(17-8)12(16)7-9-3-4-10(14)11(15)6-9/h2-6H,7H2,1H3. The third-order valence-corrected chi connectivity index (χ3v) is 4.14. The lowest BCUT2D eigenvalue weighted by Gasteiger charge is -2.01. The molecule has 1 heterocycles. The molecule has 0 spiro atoms. The number of carbonyl (C=O) groups excluding carboxylic acids is 1. The summed E-state index contributed by atoms with van der Waals surface area (Å²) in [6.45, 7) is 1.99. The van der Waals surface area contributed by atoms with Gasteiger partial charge in [-0.15, -0.1) is 11.3 Å². The van der Waals surface area contributed by atoms with Gasteiger partial charge in [0.15, 0.2) is 5.78 Å². The zero-order chi connectivity index (χ0) is 12.4. The van der Waals surface area contributed by atoms with Crippen LogP contribution in [0.1, 0.15) is 20.1 Å². The van der Waals surface area contributed by atoms with Gasteiger partial charge in [0.2, 0.25) is 0 Å². The number of Topliss-reactive ketones (excluding diaryl/α,β-unsaturated/α-hetero) is 1. The van der Waals surface area contributed by atoms with Crippen LogP contribution < -0.4 is 0 Å². The Morgan fingerprint density at radius 2 is 1.94 bits per heavy atom. The second kappa shape index (κ2) is 5.21. The summed E-state index contributed by atoms with van der Waals surface area (Å²) in [5.41, 5.74) is 0.885. The number of carbonyl (C=O) groups is 1. The normalized spacial score (nSPS) is 10.5. The third kappa shape index (κ3) is 3.09. The molecule has 1 aromatic heterocycles. The zero-order valence-electron chi connectivity index (χ0n) is 9.17. The van der Waals surface area contributed by atoms with Crippen molar-refractivity contribution in [2.24, 2.45) is 0 Å². The number of hydrogen-bond acceptors (Lipinski definition) is 2. The Morgan fingerprint density at radius 3 is 2.53 bits per heavy atom. The van der Waals surface area contributed by atoms with Gasteiger partial charge in [-0.1, -0.05) is 29.3 Å². The fraction of sp³-hybridized carbons (Fsp3) is 0.154. The Labute approximate surface area is 114 Å². The molecule has 0 N–H and O–H groups in total. The maximum Gasteiger partial charge on any atom is 0.177 e. The molecule has 0 amide bonds. The highest BCUT2D eigenvalue weighted by molar-refractivity contribution is 7.14. The molecule has 0 fully saturated rings. The molecule has 1 aromatic carbocycles. The zero-order valence-corrected chi connectivity index (χ0v) is 11.5. The van der Waals surface area contributed by atoms with Gasteiger partial charge in [-0.05, 0) is 36.8 Å². The number of rotatable bonds is 3. The number of thiophene rings is 1. The smallest absolute Gasteiger partial charge is 0.177 e. The second-order valence-corrected chi connectivity index (χ2v) is 5.86. The molecule has 0 unspecified atom stereocenters. The van der Waals surface area contributed by atoms with Crippen LogP contribution in [0.25, 0.3) is 0 Å². The highest BCUT2D eigenvalue weighted by Crippen LogP contribution is 2.24. The minimum absolute atomic E-state index is 0.112. The van der Waals surface area contributed by atoms with Crippen LogP contribution in [0.2, 0.25) is 10.0 Å². The maximum absolute atomic E-state index is 12.0. The number of ketones is 1. The molecule has 17 heavy (non-hydrogen) atoms. The van der Waals surface area contributed by atoms with Gasteiger partial charge in [-0.3, -0.25) is 4.79 Å². The van der Waals surface area contributed by atoms with Crippen LogP contribution >= 0.6 is 34.5 Å².